The summed E-state index contributed by atoms with van der Waals surface area (Å²) < 4.78 is 6.76. The molecule has 1 aliphatic rings. The third kappa shape index (κ3) is 5.55. The van der Waals surface area contributed by atoms with E-state index in [1.54, 1.807) is 13.2 Å². The molecule has 35 heavy (non-hydrogen) atoms. The molecule has 0 bridgehead atoms. The molecule has 0 aliphatic heterocycles. The van der Waals surface area contributed by atoms with Crippen LogP contribution in [0.5, 0.6) is 5.75 Å². The number of nitrogens with zero attached hydrogens (tertiary/aromatic N) is 1. The first-order chi connectivity index (χ1) is 17.1. The van der Waals surface area contributed by atoms with Gasteiger partial charge >= 0.3 is 0 Å². The summed E-state index contributed by atoms with van der Waals surface area (Å²) in [6, 6.07) is 14.3. The summed E-state index contributed by atoms with van der Waals surface area (Å²) in [4.78, 5) is 16.7. The van der Waals surface area contributed by atoms with Gasteiger partial charge < -0.3 is 9.64 Å². The second kappa shape index (κ2) is 11.7. The number of benzene rings is 2. The summed E-state index contributed by atoms with van der Waals surface area (Å²) in [5.74, 6) is 0.786. The van der Waals surface area contributed by atoms with Gasteiger partial charge in [-0.2, -0.15) is 0 Å². The van der Waals surface area contributed by atoms with Crippen LogP contribution < -0.4 is 4.74 Å². The number of thiophene rings is 1. The standard InChI is InChI=1S/C30H32ClNO2S/c1-4-11-21(12-5-2)22-17-18-26(34-3)23(19-22)20-32(24-13-7-6-8-14-24)30(33)29-28(31)25-15-9-10-16-27(25)35-29/h4-5,9-12,15-19,24H,1,6-8,13-14,20H2,2-3H3/b12-5-,21-11+. The molecule has 4 rings (SSSR count). The summed E-state index contributed by atoms with van der Waals surface area (Å²) in [6.07, 6.45) is 13.4. The van der Waals surface area contributed by atoms with E-state index in [2.05, 4.69) is 18.7 Å². The van der Waals surface area contributed by atoms with Crippen LogP contribution in [0, 0.1) is 0 Å². The molecule has 0 spiro atoms. The Morgan fingerprint density at radius 2 is 1.97 bits per heavy atom. The van der Waals surface area contributed by atoms with E-state index in [0.29, 0.717) is 16.4 Å². The molecule has 5 heteroatoms. The highest BCUT2D eigenvalue weighted by molar-refractivity contribution is 7.21. The van der Waals surface area contributed by atoms with E-state index in [1.165, 1.54) is 17.8 Å². The summed E-state index contributed by atoms with van der Waals surface area (Å²) in [6.45, 7) is 6.33. The Morgan fingerprint density at radius 1 is 1.20 bits per heavy atom. The molecule has 1 saturated carbocycles. The highest BCUT2D eigenvalue weighted by atomic mass is 35.5. The number of hydrogen-bond donors (Lipinski definition) is 0. The van der Waals surface area contributed by atoms with E-state index >= 15 is 0 Å². The Hall–Kier alpha value is -2.82. The maximum absolute atomic E-state index is 14.0. The molecule has 1 fully saturated rings. The van der Waals surface area contributed by atoms with E-state index in [1.807, 2.05) is 60.4 Å². The second-order valence-corrected chi connectivity index (χ2v) is 10.3. The monoisotopic (exact) mass is 505 g/mol. The number of allylic oxidation sites excluding steroid dienone is 5. The van der Waals surface area contributed by atoms with Crippen LogP contribution in [0.3, 0.4) is 0 Å². The Labute approximate surface area is 217 Å². The predicted octanol–water partition coefficient (Wildman–Crippen LogP) is 8.68. The van der Waals surface area contributed by atoms with Crippen molar-refractivity contribution in [3.8, 4) is 5.75 Å². The minimum absolute atomic E-state index is 0.00543. The molecule has 0 saturated heterocycles. The molecule has 3 aromatic rings. The summed E-state index contributed by atoms with van der Waals surface area (Å²) in [5.41, 5.74) is 3.12. The first-order valence-corrected chi connectivity index (χ1v) is 13.4. The summed E-state index contributed by atoms with van der Waals surface area (Å²) in [7, 11) is 1.68. The molecule has 1 amide bonds. The van der Waals surface area contributed by atoms with Crippen LogP contribution in [0.2, 0.25) is 5.02 Å². The van der Waals surface area contributed by atoms with E-state index in [0.717, 1.165) is 58.2 Å². The van der Waals surface area contributed by atoms with E-state index in [4.69, 9.17) is 16.3 Å². The van der Waals surface area contributed by atoms with Crippen molar-refractivity contribution >= 4 is 44.5 Å². The van der Waals surface area contributed by atoms with Gasteiger partial charge in [-0.25, -0.2) is 0 Å². The maximum atomic E-state index is 14.0. The first-order valence-electron chi connectivity index (χ1n) is 12.2. The topological polar surface area (TPSA) is 29.5 Å². The normalized spacial score (nSPS) is 15.0. The van der Waals surface area contributed by atoms with Crippen molar-refractivity contribution in [2.45, 2.75) is 51.6 Å². The molecule has 2 aromatic carbocycles. The average molecular weight is 506 g/mol. The highest BCUT2D eigenvalue weighted by Gasteiger charge is 2.30. The van der Waals surface area contributed by atoms with Crippen LogP contribution in [-0.2, 0) is 6.54 Å². The van der Waals surface area contributed by atoms with Crippen molar-refractivity contribution in [2.75, 3.05) is 7.11 Å². The van der Waals surface area contributed by atoms with Crippen molar-refractivity contribution in [3.63, 3.8) is 0 Å². The fraction of sp³-hybridized carbons (Fsp3) is 0.300. The minimum atomic E-state index is 0.00543. The fourth-order valence-corrected chi connectivity index (χ4v) is 6.33. The molecule has 1 aromatic heterocycles. The Balaban J connectivity index is 1.75. The number of rotatable bonds is 8. The highest BCUT2D eigenvalue weighted by Crippen LogP contribution is 2.38. The SMILES string of the molecule is C=C/C=C(\C=C/C)c1ccc(OC)c(CN(C(=O)c2sc3ccccc3c2Cl)C2CCCCC2)c1. The molecule has 182 valence electrons. The molecule has 1 heterocycles. The number of fused-ring (bicyclic) bond motifs is 1. The van der Waals surface area contributed by atoms with Gasteiger partial charge in [-0.15, -0.1) is 11.3 Å². The maximum Gasteiger partial charge on any atom is 0.266 e. The third-order valence-corrected chi connectivity index (χ3v) is 8.27. The summed E-state index contributed by atoms with van der Waals surface area (Å²) in [5, 5.41) is 1.50. The van der Waals surface area contributed by atoms with Crippen molar-refractivity contribution < 1.29 is 9.53 Å². The molecule has 3 nitrogen and oxygen atoms in total. The number of methoxy groups -OCH3 is 1. The van der Waals surface area contributed by atoms with Gasteiger partial charge in [0.15, 0.2) is 0 Å². The van der Waals surface area contributed by atoms with Crippen molar-refractivity contribution in [1.29, 1.82) is 0 Å². The minimum Gasteiger partial charge on any atom is -0.496 e. The quantitative estimate of drug-likeness (QED) is 0.286. The number of amides is 1. The van der Waals surface area contributed by atoms with Crippen LogP contribution >= 0.6 is 22.9 Å². The van der Waals surface area contributed by atoms with Crippen LogP contribution in [0.15, 0.2) is 73.3 Å². The van der Waals surface area contributed by atoms with Crippen LogP contribution in [0.4, 0.5) is 0 Å². The van der Waals surface area contributed by atoms with Gasteiger partial charge in [-0.1, -0.05) is 86.0 Å². The van der Waals surface area contributed by atoms with Gasteiger partial charge in [0.1, 0.15) is 10.6 Å². The lowest BCUT2D eigenvalue weighted by Crippen LogP contribution is -2.40. The number of carbonyl (C=O) groups excluding carboxylic acids is 1. The van der Waals surface area contributed by atoms with Crippen molar-refractivity contribution in [1.82, 2.24) is 4.90 Å². The zero-order valence-electron chi connectivity index (χ0n) is 20.4. The van der Waals surface area contributed by atoms with Gasteiger partial charge in [-0.05, 0) is 49.1 Å². The number of halogens is 1. The van der Waals surface area contributed by atoms with E-state index in [-0.39, 0.29) is 11.9 Å². The van der Waals surface area contributed by atoms with Crippen LogP contribution in [0.25, 0.3) is 15.7 Å². The van der Waals surface area contributed by atoms with Crippen LogP contribution in [-0.4, -0.2) is 24.0 Å². The number of ether oxygens (including phenoxy) is 1. The van der Waals surface area contributed by atoms with Gasteiger partial charge in [0.05, 0.1) is 12.1 Å². The lowest BCUT2D eigenvalue weighted by atomic mass is 9.93. The van der Waals surface area contributed by atoms with Gasteiger partial charge in [-0.3, -0.25) is 4.79 Å². The summed E-state index contributed by atoms with van der Waals surface area (Å²) >= 11 is 8.23. The second-order valence-electron chi connectivity index (χ2n) is 8.85. The molecule has 0 N–H and O–H groups in total. The van der Waals surface area contributed by atoms with E-state index in [9.17, 15) is 4.79 Å². The molecular formula is C30H32ClNO2S. The molecule has 0 radical (unpaired) electrons. The smallest absolute Gasteiger partial charge is 0.266 e. The van der Waals surface area contributed by atoms with E-state index < -0.39 is 0 Å². The van der Waals surface area contributed by atoms with Crippen molar-refractivity contribution in [2.24, 2.45) is 0 Å². The zero-order valence-corrected chi connectivity index (χ0v) is 22.0. The predicted molar refractivity (Wildman–Crippen MR) is 150 cm³/mol. The van der Waals surface area contributed by atoms with Crippen LogP contribution in [0.1, 0.15) is 59.8 Å². The number of carbonyl (C=O) groups is 1. The Kier molecular flexibility index (Phi) is 8.48. The molecule has 0 unspecified atom stereocenters. The molecule has 1 aliphatic carbocycles. The fourth-order valence-electron chi connectivity index (χ4n) is 4.86. The lowest BCUT2D eigenvalue weighted by molar-refractivity contribution is 0.0618. The number of hydrogen-bond acceptors (Lipinski definition) is 3. The molecule has 0 atom stereocenters. The Bertz CT molecular complexity index is 1270. The average Bonchev–Trinajstić information content (AvgIpc) is 3.23. The molecular weight excluding hydrogens is 474 g/mol. The zero-order chi connectivity index (χ0) is 24.8. The lowest BCUT2D eigenvalue weighted by Gasteiger charge is -2.34. The van der Waals surface area contributed by atoms with Gasteiger partial charge in [0.25, 0.3) is 5.91 Å². The van der Waals surface area contributed by atoms with Gasteiger partial charge in [0, 0.05) is 28.2 Å². The largest absolute Gasteiger partial charge is 0.496 e. The first kappa shape index (κ1) is 25.3. The third-order valence-electron chi connectivity index (χ3n) is 6.60. The van der Waals surface area contributed by atoms with Crippen molar-refractivity contribution in [3.05, 3.63) is 94.4 Å². The van der Waals surface area contributed by atoms with Gasteiger partial charge in [0.2, 0.25) is 0 Å². The Morgan fingerprint density at radius 3 is 2.66 bits per heavy atom.